The maximum Gasteiger partial charge on any atom is 0.257 e. The zero-order valence-corrected chi connectivity index (χ0v) is 12.6. The fourth-order valence-corrected chi connectivity index (χ4v) is 3.38. The molecule has 0 aromatic heterocycles. The topological polar surface area (TPSA) is 50.8 Å². The number of nitrogens with zero attached hydrogens (tertiary/aromatic N) is 1. The Morgan fingerprint density at radius 3 is 2.90 bits per heavy atom. The van der Waals surface area contributed by atoms with E-state index in [0.29, 0.717) is 29.0 Å². The lowest BCUT2D eigenvalue weighted by atomic mass is 9.93. The zero-order valence-electron chi connectivity index (χ0n) is 12.6. The molecular weight excluding hydrogens is 268 g/mol. The van der Waals surface area contributed by atoms with Crippen LogP contribution in [0.2, 0.25) is 0 Å². The monoisotopic (exact) mass is 290 g/mol. The van der Waals surface area contributed by atoms with E-state index in [4.69, 9.17) is 9.47 Å². The molecule has 2 heterocycles. The molecule has 2 aliphatic rings. The number of carbonyl (C=O) groups excluding carboxylic acids is 1. The van der Waals surface area contributed by atoms with E-state index < -0.39 is 0 Å². The minimum atomic E-state index is 0.0381. The molecule has 2 aliphatic heterocycles. The van der Waals surface area contributed by atoms with Crippen molar-refractivity contribution in [1.29, 1.82) is 0 Å². The van der Waals surface area contributed by atoms with Gasteiger partial charge in [-0.25, -0.2) is 0 Å². The van der Waals surface area contributed by atoms with Crippen LogP contribution in [0.1, 0.15) is 23.2 Å². The molecule has 0 radical (unpaired) electrons. The molecule has 1 N–H and O–H groups in total. The van der Waals surface area contributed by atoms with Crippen molar-refractivity contribution < 1.29 is 14.3 Å². The third-order valence-corrected chi connectivity index (χ3v) is 4.58. The van der Waals surface area contributed by atoms with Gasteiger partial charge in [-0.15, -0.1) is 0 Å². The maximum atomic E-state index is 12.8. The fourth-order valence-electron chi connectivity index (χ4n) is 3.38. The number of hydrogen-bond donors (Lipinski definition) is 1. The van der Waals surface area contributed by atoms with Crippen LogP contribution >= 0.6 is 0 Å². The van der Waals surface area contributed by atoms with Gasteiger partial charge in [-0.2, -0.15) is 0 Å². The molecule has 5 nitrogen and oxygen atoms in total. The van der Waals surface area contributed by atoms with Crippen molar-refractivity contribution in [3.05, 3.63) is 23.8 Å². The van der Waals surface area contributed by atoms with Gasteiger partial charge in [-0.3, -0.25) is 4.79 Å². The lowest BCUT2D eigenvalue weighted by Gasteiger charge is -2.35. The van der Waals surface area contributed by atoms with Crippen molar-refractivity contribution in [3.63, 3.8) is 0 Å². The van der Waals surface area contributed by atoms with Gasteiger partial charge >= 0.3 is 0 Å². The molecule has 1 amide bonds. The fraction of sp³-hybridized carbons (Fsp3) is 0.562. The van der Waals surface area contributed by atoms with Gasteiger partial charge in [-0.1, -0.05) is 0 Å². The van der Waals surface area contributed by atoms with Gasteiger partial charge in [0.1, 0.15) is 11.5 Å². The molecular formula is C16H22N2O3. The number of amides is 1. The quantitative estimate of drug-likeness (QED) is 0.917. The van der Waals surface area contributed by atoms with Crippen LogP contribution in [0.15, 0.2) is 18.2 Å². The summed E-state index contributed by atoms with van der Waals surface area (Å²) in [4.78, 5) is 14.8. The Hall–Kier alpha value is -1.75. The van der Waals surface area contributed by atoms with Crippen molar-refractivity contribution >= 4 is 5.91 Å². The Kier molecular flexibility index (Phi) is 4.01. The van der Waals surface area contributed by atoms with Crippen LogP contribution in [0.3, 0.4) is 0 Å². The number of benzene rings is 1. The van der Waals surface area contributed by atoms with E-state index in [1.807, 2.05) is 11.0 Å². The van der Waals surface area contributed by atoms with Gasteiger partial charge < -0.3 is 19.7 Å². The Morgan fingerprint density at radius 2 is 2.14 bits per heavy atom. The molecule has 21 heavy (non-hydrogen) atoms. The summed E-state index contributed by atoms with van der Waals surface area (Å²) >= 11 is 0. The summed E-state index contributed by atoms with van der Waals surface area (Å²) in [5, 5.41) is 3.52. The summed E-state index contributed by atoms with van der Waals surface area (Å²) in [7, 11) is 3.19. The molecule has 3 rings (SSSR count). The van der Waals surface area contributed by atoms with Crippen LogP contribution in [0.25, 0.3) is 0 Å². The highest BCUT2D eigenvalue weighted by molar-refractivity contribution is 5.97. The van der Waals surface area contributed by atoms with Crippen LogP contribution in [0.5, 0.6) is 11.5 Å². The SMILES string of the molecule is COc1ccc(OC)c(C(=O)N2CCC3NCCC3C2)c1. The number of likely N-dealkylation sites (tertiary alicyclic amines) is 1. The standard InChI is InChI=1S/C16H22N2O3/c1-20-12-3-4-15(21-2)13(9-12)16(19)18-8-6-14-11(10-18)5-7-17-14/h3-4,9,11,14,17H,5-8,10H2,1-2H3. The van der Waals surface area contributed by atoms with Gasteiger partial charge in [0.15, 0.2) is 0 Å². The minimum absolute atomic E-state index is 0.0381. The summed E-state index contributed by atoms with van der Waals surface area (Å²) in [6.45, 7) is 2.70. The van der Waals surface area contributed by atoms with Gasteiger partial charge in [0.2, 0.25) is 0 Å². The number of piperidine rings is 1. The van der Waals surface area contributed by atoms with E-state index in [0.717, 1.165) is 32.5 Å². The first-order chi connectivity index (χ1) is 10.2. The van der Waals surface area contributed by atoms with Crippen LogP contribution in [0, 0.1) is 5.92 Å². The molecule has 0 bridgehead atoms. The largest absolute Gasteiger partial charge is 0.497 e. The van der Waals surface area contributed by atoms with Crippen LogP contribution in [-0.2, 0) is 0 Å². The average molecular weight is 290 g/mol. The first kappa shape index (κ1) is 14.2. The van der Waals surface area contributed by atoms with Crippen molar-refractivity contribution in [2.75, 3.05) is 33.9 Å². The molecule has 114 valence electrons. The summed E-state index contributed by atoms with van der Waals surface area (Å²) in [6, 6.07) is 5.94. The van der Waals surface area contributed by atoms with E-state index in [1.165, 1.54) is 0 Å². The highest BCUT2D eigenvalue weighted by atomic mass is 16.5. The normalized spacial score (nSPS) is 24.6. The summed E-state index contributed by atoms with van der Waals surface area (Å²) in [5.74, 6) is 1.90. The number of fused-ring (bicyclic) bond motifs is 1. The second-order valence-corrected chi connectivity index (χ2v) is 5.72. The molecule has 1 aromatic carbocycles. The van der Waals surface area contributed by atoms with E-state index in [9.17, 15) is 4.79 Å². The van der Waals surface area contributed by atoms with Crippen molar-refractivity contribution in [1.82, 2.24) is 10.2 Å². The predicted octanol–water partition coefficient (Wildman–Crippen LogP) is 1.53. The molecule has 5 heteroatoms. The number of carbonyl (C=O) groups is 1. The maximum absolute atomic E-state index is 12.8. The van der Waals surface area contributed by atoms with Gasteiger partial charge in [0.25, 0.3) is 5.91 Å². The molecule has 1 aromatic rings. The van der Waals surface area contributed by atoms with Crippen LogP contribution in [0.4, 0.5) is 0 Å². The van der Waals surface area contributed by atoms with E-state index in [2.05, 4.69) is 5.32 Å². The summed E-state index contributed by atoms with van der Waals surface area (Å²) in [6.07, 6.45) is 2.19. The van der Waals surface area contributed by atoms with Gasteiger partial charge in [0, 0.05) is 19.1 Å². The minimum Gasteiger partial charge on any atom is -0.497 e. The molecule has 0 saturated carbocycles. The highest BCUT2D eigenvalue weighted by Crippen LogP contribution is 2.29. The van der Waals surface area contributed by atoms with Gasteiger partial charge in [0.05, 0.1) is 19.8 Å². The van der Waals surface area contributed by atoms with Crippen molar-refractivity contribution in [3.8, 4) is 11.5 Å². The Morgan fingerprint density at radius 1 is 1.29 bits per heavy atom. The third kappa shape index (κ3) is 2.70. The third-order valence-electron chi connectivity index (χ3n) is 4.58. The number of ether oxygens (including phenoxy) is 2. The average Bonchev–Trinajstić information content (AvgIpc) is 3.01. The molecule has 0 spiro atoms. The lowest BCUT2D eigenvalue weighted by Crippen LogP contribution is -2.46. The predicted molar refractivity (Wildman–Crippen MR) is 80.0 cm³/mol. The van der Waals surface area contributed by atoms with E-state index in [1.54, 1.807) is 26.4 Å². The molecule has 2 atom stereocenters. The second-order valence-electron chi connectivity index (χ2n) is 5.72. The number of rotatable bonds is 3. The number of methoxy groups -OCH3 is 2. The summed E-state index contributed by atoms with van der Waals surface area (Å²) < 4.78 is 10.6. The zero-order chi connectivity index (χ0) is 14.8. The molecule has 2 fully saturated rings. The van der Waals surface area contributed by atoms with Gasteiger partial charge in [-0.05, 0) is 43.5 Å². The second kappa shape index (κ2) is 5.93. The molecule has 2 unspecified atom stereocenters. The first-order valence-electron chi connectivity index (χ1n) is 7.47. The number of hydrogen-bond acceptors (Lipinski definition) is 4. The van der Waals surface area contributed by atoms with Crippen molar-refractivity contribution in [2.45, 2.75) is 18.9 Å². The Labute approximate surface area is 125 Å². The lowest BCUT2D eigenvalue weighted by molar-refractivity contribution is 0.0658. The van der Waals surface area contributed by atoms with Crippen LogP contribution in [-0.4, -0.2) is 50.7 Å². The number of nitrogens with one attached hydrogen (secondary N) is 1. The highest BCUT2D eigenvalue weighted by Gasteiger charge is 2.35. The van der Waals surface area contributed by atoms with Crippen LogP contribution < -0.4 is 14.8 Å². The smallest absolute Gasteiger partial charge is 0.257 e. The molecule has 2 saturated heterocycles. The van der Waals surface area contributed by atoms with E-state index >= 15 is 0 Å². The molecule has 0 aliphatic carbocycles. The Balaban J connectivity index is 1.81. The Bertz CT molecular complexity index is 532. The first-order valence-corrected chi connectivity index (χ1v) is 7.47. The summed E-state index contributed by atoms with van der Waals surface area (Å²) in [5.41, 5.74) is 0.584. The van der Waals surface area contributed by atoms with Crippen molar-refractivity contribution in [2.24, 2.45) is 5.92 Å². The van der Waals surface area contributed by atoms with E-state index in [-0.39, 0.29) is 5.91 Å².